The number of hydrogen-bond acceptors (Lipinski definition) is 3. The number of nitrogens with two attached hydrogens (primary N) is 1. The molecule has 5 nitrogen and oxygen atoms in total. The van der Waals surface area contributed by atoms with Crippen molar-refractivity contribution in [2.24, 2.45) is 17.6 Å². The van der Waals surface area contributed by atoms with Gasteiger partial charge in [0.1, 0.15) is 6.04 Å². The largest absolute Gasteiger partial charge is 0.480 e. The Bertz CT molecular complexity index is 302. The second-order valence-corrected chi connectivity index (χ2v) is 4.93. The van der Waals surface area contributed by atoms with E-state index in [1.807, 2.05) is 0 Å². The van der Waals surface area contributed by atoms with Crippen molar-refractivity contribution in [1.29, 1.82) is 0 Å². The monoisotopic (exact) mass is 226 g/mol. The van der Waals surface area contributed by atoms with Gasteiger partial charge in [-0.1, -0.05) is 0 Å². The van der Waals surface area contributed by atoms with Gasteiger partial charge in [-0.2, -0.15) is 0 Å². The summed E-state index contributed by atoms with van der Waals surface area (Å²) in [4.78, 5) is 22.8. The minimum Gasteiger partial charge on any atom is -0.480 e. The van der Waals surface area contributed by atoms with Gasteiger partial charge in [-0.05, 0) is 38.0 Å². The van der Waals surface area contributed by atoms with Gasteiger partial charge in [-0.25, -0.2) is 4.79 Å². The van der Waals surface area contributed by atoms with Crippen molar-refractivity contribution in [2.45, 2.75) is 44.2 Å². The average Bonchev–Trinajstić information content (AvgIpc) is 2.96. The highest BCUT2D eigenvalue weighted by atomic mass is 16.4. The molecule has 3 atom stereocenters. The van der Waals surface area contributed by atoms with Crippen molar-refractivity contribution in [3.8, 4) is 0 Å². The lowest BCUT2D eigenvalue weighted by Gasteiger charge is -2.16. The topological polar surface area (TPSA) is 92.4 Å². The summed E-state index contributed by atoms with van der Waals surface area (Å²) in [5, 5.41) is 11.6. The highest BCUT2D eigenvalue weighted by Crippen LogP contribution is 2.33. The standard InChI is InChI=1S/C11H18N2O3/c12-8-4-3-7(5-8)10(14)13-9(11(15)16)6-1-2-6/h6-9H,1-5,12H2,(H,13,14)(H,15,16). The lowest BCUT2D eigenvalue weighted by molar-refractivity contribution is -0.143. The van der Waals surface area contributed by atoms with E-state index in [1.54, 1.807) is 0 Å². The molecule has 4 N–H and O–H groups in total. The molecular weight excluding hydrogens is 208 g/mol. The highest BCUT2D eigenvalue weighted by molar-refractivity contribution is 5.85. The molecule has 0 aliphatic heterocycles. The Kier molecular flexibility index (Phi) is 3.14. The van der Waals surface area contributed by atoms with Gasteiger partial charge in [0.15, 0.2) is 0 Å². The molecule has 2 fully saturated rings. The molecular formula is C11H18N2O3. The van der Waals surface area contributed by atoms with E-state index in [1.165, 1.54) is 0 Å². The van der Waals surface area contributed by atoms with Crippen LogP contribution in [-0.4, -0.2) is 29.1 Å². The average molecular weight is 226 g/mol. The number of aliphatic carboxylic acids is 1. The molecule has 2 saturated carbocycles. The summed E-state index contributed by atoms with van der Waals surface area (Å²) in [7, 11) is 0. The van der Waals surface area contributed by atoms with Crippen LogP contribution >= 0.6 is 0 Å². The Morgan fingerprint density at radius 3 is 2.38 bits per heavy atom. The number of nitrogens with one attached hydrogen (secondary N) is 1. The van der Waals surface area contributed by atoms with Gasteiger partial charge in [0.2, 0.25) is 5.91 Å². The Labute approximate surface area is 94.4 Å². The summed E-state index contributed by atoms with van der Waals surface area (Å²) >= 11 is 0. The third kappa shape index (κ3) is 2.52. The van der Waals surface area contributed by atoms with Crippen LogP contribution in [0.25, 0.3) is 0 Å². The maximum Gasteiger partial charge on any atom is 0.326 e. The Morgan fingerprint density at radius 1 is 1.25 bits per heavy atom. The van der Waals surface area contributed by atoms with Crippen molar-refractivity contribution in [3.63, 3.8) is 0 Å². The summed E-state index contributed by atoms with van der Waals surface area (Å²) < 4.78 is 0. The van der Waals surface area contributed by atoms with Crippen molar-refractivity contribution >= 4 is 11.9 Å². The van der Waals surface area contributed by atoms with E-state index >= 15 is 0 Å². The quantitative estimate of drug-likeness (QED) is 0.633. The first-order valence-electron chi connectivity index (χ1n) is 5.86. The molecule has 0 aromatic heterocycles. The number of carbonyl (C=O) groups is 2. The van der Waals surface area contributed by atoms with Crippen LogP contribution < -0.4 is 11.1 Å². The Balaban J connectivity index is 1.87. The molecule has 5 heteroatoms. The first kappa shape index (κ1) is 11.4. The third-order valence-electron chi connectivity index (χ3n) is 3.50. The van der Waals surface area contributed by atoms with Crippen LogP contribution in [-0.2, 0) is 9.59 Å². The minimum absolute atomic E-state index is 0.0874. The van der Waals surface area contributed by atoms with Gasteiger partial charge in [0, 0.05) is 12.0 Å². The fourth-order valence-corrected chi connectivity index (χ4v) is 2.34. The number of amides is 1. The van der Waals surface area contributed by atoms with E-state index in [0.717, 1.165) is 25.7 Å². The molecule has 1 amide bonds. The molecule has 2 rings (SSSR count). The predicted octanol–water partition coefficient (Wildman–Crippen LogP) is 0.0932. The molecule has 90 valence electrons. The zero-order chi connectivity index (χ0) is 11.7. The van der Waals surface area contributed by atoms with Crippen molar-refractivity contribution in [2.75, 3.05) is 0 Å². The molecule has 0 bridgehead atoms. The van der Waals surface area contributed by atoms with Crippen LogP contribution in [0.5, 0.6) is 0 Å². The normalized spacial score (nSPS) is 31.1. The number of rotatable bonds is 4. The van der Waals surface area contributed by atoms with E-state index in [0.29, 0.717) is 6.42 Å². The van der Waals surface area contributed by atoms with Gasteiger partial charge >= 0.3 is 5.97 Å². The number of hydrogen-bond donors (Lipinski definition) is 3. The maximum atomic E-state index is 11.8. The van der Waals surface area contributed by atoms with Crippen molar-refractivity contribution in [3.05, 3.63) is 0 Å². The van der Waals surface area contributed by atoms with Crippen LogP contribution in [0, 0.1) is 11.8 Å². The van der Waals surface area contributed by atoms with Crippen LogP contribution in [0.4, 0.5) is 0 Å². The Morgan fingerprint density at radius 2 is 1.94 bits per heavy atom. The molecule has 0 saturated heterocycles. The smallest absolute Gasteiger partial charge is 0.326 e. The molecule has 0 heterocycles. The SMILES string of the molecule is NC1CCC(C(=O)NC(C(=O)O)C2CC2)C1. The fourth-order valence-electron chi connectivity index (χ4n) is 2.34. The van der Waals surface area contributed by atoms with Gasteiger partial charge in [0.05, 0.1) is 0 Å². The Hall–Kier alpha value is -1.10. The van der Waals surface area contributed by atoms with Crippen LogP contribution in [0.1, 0.15) is 32.1 Å². The van der Waals surface area contributed by atoms with Gasteiger partial charge in [-0.15, -0.1) is 0 Å². The van der Waals surface area contributed by atoms with E-state index < -0.39 is 12.0 Å². The zero-order valence-electron chi connectivity index (χ0n) is 9.19. The summed E-state index contributed by atoms with van der Waals surface area (Å²) in [5.74, 6) is -1.00. The van der Waals surface area contributed by atoms with Crippen LogP contribution in [0.15, 0.2) is 0 Å². The van der Waals surface area contributed by atoms with Crippen LogP contribution in [0.2, 0.25) is 0 Å². The van der Waals surface area contributed by atoms with Crippen molar-refractivity contribution < 1.29 is 14.7 Å². The predicted molar refractivity (Wildman–Crippen MR) is 57.6 cm³/mol. The van der Waals surface area contributed by atoms with Gasteiger partial charge in [-0.3, -0.25) is 4.79 Å². The van der Waals surface area contributed by atoms with Crippen LogP contribution in [0.3, 0.4) is 0 Å². The molecule has 2 aliphatic carbocycles. The first-order valence-corrected chi connectivity index (χ1v) is 5.86. The molecule has 0 spiro atoms. The maximum absolute atomic E-state index is 11.8. The molecule has 0 aromatic carbocycles. The summed E-state index contributed by atoms with van der Waals surface area (Å²) in [6, 6.07) is -0.593. The minimum atomic E-state index is -0.918. The molecule has 0 radical (unpaired) electrons. The summed E-state index contributed by atoms with van der Waals surface area (Å²) in [5.41, 5.74) is 5.73. The fraction of sp³-hybridized carbons (Fsp3) is 0.818. The van der Waals surface area contributed by atoms with E-state index in [2.05, 4.69) is 5.32 Å². The molecule has 16 heavy (non-hydrogen) atoms. The summed E-state index contributed by atoms with van der Waals surface area (Å²) in [6.07, 6.45) is 4.13. The second kappa shape index (κ2) is 4.41. The molecule has 0 aromatic rings. The first-order chi connectivity index (χ1) is 7.58. The number of carbonyl (C=O) groups excluding carboxylic acids is 1. The second-order valence-electron chi connectivity index (χ2n) is 4.93. The van der Waals surface area contributed by atoms with E-state index in [4.69, 9.17) is 10.8 Å². The van der Waals surface area contributed by atoms with Crippen molar-refractivity contribution in [1.82, 2.24) is 5.32 Å². The number of carboxylic acids is 1. The highest BCUT2D eigenvalue weighted by Gasteiger charge is 2.39. The lowest BCUT2D eigenvalue weighted by atomic mass is 10.1. The van der Waals surface area contributed by atoms with E-state index in [9.17, 15) is 9.59 Å². The summed E-state index contributed by atoms with van der Waals surface area (Å²) in [6.45, 7) is 0. The molecule has 2 aliphatic rings. The number of carboxylic acid groups (broad SMARTS) is 1. The van der Waals surface area contributed by atoms with E-state index in [-0.39, 0.29) is 23.8 Å². The lowest BCUT2D eigenvalue weighted by Crippen LogP contribution is -2.44. The van der Waals surface area contributed by atoms with Gasteiger partial charge in [0.25, 0.3) is 0 Å². The zero-order valence-corrected chi connectivity index (χ0v) is 9.19. The van der Waals surface area contributed by atoms with Gasteiger partial charge < -0.3 is 16.2 Å². The third-order valence-corrected chi connectivity index (χ3v) is 3.50. The molecule has 3 unspecified atom stereocenters.